The molecule has 6 heteroatoms. The molecule has 2 aliphatic heterocycles. The van der Waals surface area contributed by atoms with Gasteiger partial charge >= 0.3 is 0 Å². The minimum Gasteiger partial charge on any atom is -0.354 e. The van der Waals surface area contributed by atoms with Crippen LogP contribution in [0.3, 0.4) is 0 Å². The Hall–Kier alpha value is -4.00. The zero-order valence-corrected chi connectivity index (χ0v) is 30.1. The molecule has 7 rings (SSSR count). The van der Waals surface area contributed by atoms with Gasteiger partial charge < -0.3 is 9.97 Å². The first kappa shape index (κ1) is 30.6. The number of fused-ring (bicyclic) bond motifs is 8. The molecular formula is C40H36Br2N4. The number of rotatable bonds is 2. The molecule has 0 aliphatic carbocycles. The molecule has 2 aliphatic rings. The summed E-state index contributed by atoms with van der Waals surface area (Å²) >= 11 is 7.78. The summed E-state index contributed by atoms with van der Waals surface area (Å²) in [5.74, 6) is 0. The molecule has 46 heavy (non-hydrogen) atoms. The van der Waals surface area contributed by atoms with Crippen LogP contribution in [0, 0.1) is 0 Å². The van der Waals surface area contributed by atoms with E-state index in [0.717, 1.165) is 76.0 Å². The molecule has 3 aromatic heterocycles. The van der Waals surface area contributed by atoms with Crippen molar-refractivity contribution >= 4 is 78.2 Å². The van der Waals surface area contributed by atoms with Crippen molar-refractivity contribution in [3.63, 3.8) is 0 Å². The van der Waals surface area contributed by atoms with Crippen LogP contribution in [0.1, 0.15) is 75.4 Å². The second kappa shape index (κ2) is 11.4. The van der Waals surface area contributed by atoms with Gasteiger partial charge in [-0.05, 0) is 114 Å². The van der Waals surface area contributed by atoms with Gasteiger partial charge in [-0.15, -0.1) is 0 Å². The van der Waals surface area contributed by atoms with E-state index in [-0.39, 0.29) is 10.8 Å². The van der Waals surface area contributed by atoms with Crippen LogP contribution in [0.4, 0.5) is 0 Å². The minimum absolute atomic E-state index is 0.0672. The Balaban J connectivity index is 1.53. The van der Waals surface area contributed by atoms with Crippen molar-refractivity contribution in [1.82, 2.24) is 19.9 Å². The first-order valence-electron chi connectivity index (χ1n) is 15.6. The normalized spacial score (nSPS) is 13.0. The van der Waals surface area contributed by atoms with Gasteiger partial charge in [-0.2, -0.15) is 0 Å². The number of hydrogen-bond acceptors (Lipinski definition) is 2. The molecule has 0 amide bonds. The van der Waals surface area contributed by atoms with Crippen LogP contribution in [0.25, 0.3) is 68.6 Å². The highest BCUT2D eigenvalue weighted by atomic mass is 79.9. The summed E-state index contributed by atoms with van der Waals surface area (Å²) < 4.78 is 1.81. The molecule has 0 spiro atoms. The Morgan fingerprint density at radius 3 is 1.17 bits per heavy atom. The molecule has 5 aromatic rings. The highest BCUT2D eigenvalue weighted by Gasteiger charge is 2.19. The van der Waals surface area contributed by atoms with E-state index in [4.69, 9.17) is 9.97 Å². The van der Waals surface area contributed by atoms with E-state index in [2.05, 4.69) is 180 Å². The summed E-state index contributed by atoms with van der Waals surface area (Å²) in [5.41, 5.74) is 14.4. The van der Waals surface area contributed by atoms with E-state index in [9.17, 15) is 0 Å². The zero-order valence-electron chi connectivity index (χ0n) is 26.9. The molecular weight excluding hydrogens is 696 g/mol. The number of aromatic nitrogens is 4. The van der Waals surface area contributed by atoms with Crippen LogP contribution in [0.2, 0.25) is 0 Å². The van der Waals surface area contributed by atoms with Gasteiger partial charge in [0.05, 0.1) is 42.8 Å². The monoisotopic (exact) mass is 730 g/mol. The lowest BCUT2D eigenvalue weighted by molar-refractivity contribution is 0.590. The maximum Gasteiger partial charge on any atom is 0.0801 e. The first-order valence-corrected chi connectivity index (χ1v) is 17.1. The number of hydrogen-bond donors (Lipinski definition) is 2. The smallest absolute Gasteiger partial charge is 0.0801 e. The molecule has 0 unspecified atom stereocenters. The van der Waals surface area contributed by atoms with Crippen LogP contribution < -0.4 is 0 Å². The molecule has 0 fully saturated rings. The highest BCUT2D eigenvalue weighted by Crippen LogP contribution is 2.37. The zero-order chi connectivity index (χ0) is 32.4. The minimum atomic E-state index is 0.0672. The summed E-state index contributed by atoms with van der Waals surface area (Å²) in [5, 5.41) is 0. The maximum absolute atomic E-state index is 5.14. The third-order valence-corrected chi connectivity index (χ3v) is 10.4. The van der Waals surface area contributed by atoms with E-state index in [1.165, 1.54) is 11.1 Å². The molecule has 2 N–H and O–H groups in total. The molecule has 0 atom stereocenters. The Bertz CT molecular complexity index is 2120. The quantitative estimate of drug-likeness (QED) is 0.186. The number of halogens is 2. The van der Waals surface area contributed by atoms with Gasteiger partial charge in [-0.3, -0.25) is 0 Å². The second-order valence-corrected chi connectivity index (χ2v) is 15.6. The van der Waals surface area contributed by atoms with Crippen LogP contribution in [-0.2, 0) is 10.8 Å². The fourth-order valence-electron chi connectivity index (χ4n) is 6.02. The Labute approximate surface area is 287 Å². The molecule has 0 radical (unpaired) electrons. The standard InChI is InChI=1S/C40H36Br2N4/c1-39(2,3)25-11-7-23(8-12-25)35-27-15-19-31(43-27)37(41)33-21-17-29(45-33)36(24-9-13-26(14-10-24)40(4,5)6)30-18-22-34(46-30)38(42)32-20-16-28(35)44-32/h7-22,43-44H,1-6H3. The topological polar surface area (TPSA) is 57.4 Å². The van der Waals surface area contributed by atoms with Crippen molar-refractivity contribution in [2.45, 2.75) is 52.4 Å². The maximum atomic E-state index is 5.14. The van der Waals surface area contributed by atoms with Crippen LogP contribution in [0.15, 0.2) is 81.7 Å². The van der Waals surface area contributed by atoms with Crippen molar-refractivity contribution < 1.29 is 0 Å². The van der Waals surface area contributed by atoms with Gasteiger partial charge in [0.1, 0.15) is 0 Å². The summed E-state index contributed by atoms with van der Waals surface area (Å²) in [6.07, 6.45) is 8.31. The lowest BCUT2D eigenvalue weighted by Gasteiger charge is -2.19. The predicted octanol–water partition coefficient (Wildman–Crippen LogP) is 12.1. The van der Waals surface area contributed by atoms with Crippen LogP contribution >= 0.6 is 31.9 Å². The van der Waals surface area contributed by atoms with Gasteiger partial charge in [-0.25, -0.2) is 9.97 Å². The van der Waals surface area contributed by atoms with Crippen molar-refractivity contribution in [2.75, 3.05) is 0 Å². The van der Waals surface area contributed by atoms with Crippen molar-refractivity contribution in [3.8, 4) is 22.3 Å². The highest BCUT2D eigenvalue weighted by molar-refractivity contribution is 9.11. The number of H-pyrrole nitrogens is 2. The van der Waals surface area contributed by atoms with Crippen LogP contribution in [0.5, 0.6) is 0 Å². The molecule has 230 valence electrons. The summed E-state index contributed by atoms with van der Waals surface area (Å²) in [4.78, 5) is 17.7. The Kier molecular flexibility index (Phi) is 7.57. The Morgan fingerprint density at radius 1 is 0.435 bits per heavy atom. The number of aromatic amines is 2. The van der Waals surface area contributed by atoms with Gasteiger partial charge in [0.15, 0.2) is 0 Å². The van der Waals surface area contributed by atoms with Gasteiger partial charge in [-0.1, -0.05) is 90.1 Å². The lowest BCUT2D eigenvalue weighted by Crippen LogP contribution is -2.10. The SMILES string of the molecule is CC(C)(C)c1ccc(-c2c3nc(c(Br)c4ccc([nH]4)c(-c4ccc(C(C)(C)C)cc4)c4ccc([nH]4)c(Br)c4nc2C=C4)C=C3)cc1. The van der Waals surface area contributed by atoms with Gasteiger partial charge in [0.25, 0.3) is 0 Å². The number of benzene rings is 2. The fraction of sp³-hybridized carbons (Fsp3) is 0.200. The molecule has 2 aromatic carbocycles. The molecule has 0 saturated heterocycles. The fourth-order valence-corrected chi connectivity index (χ4v) is 6.92. The average molecular weight is 733 g/mol. The Morgan fingerprint density at radius 2 is 0.783 bits per heavy atom. The molecule has 5 heterocycles. The van der Waals surface area contributed by atoms with Crippen molar-refractivity contribution in [2.24, 2.45) is 0 Å². The third-order valence-electron chi connectivity index (χ3n) is 8.70. The predicted molar refractivity (Wildman–Crippen MR) is 203 cm³/mol. The lowest BCUT2D eigenvalue weighted by atomic mass is 9.86. The van der Waals surface area contributed by atoms with Crippen LogP contribution in [-0.4, -0.2) is 19.9 Å². The van der Waals surface area contributed by atoms with Gasteiger partial charge in [0, 0.05) is 22.2 Å². The van der Waals surface area contributed by atoms with E-state index in [1.54, 1.807) is 0 Å². The van der Waals surface area contributed by atoms with E-state index in [1.807, 2.05) is 0 Å². The summed E-state index contributed by atoms with van der Waals surface area (Å²) in [6, 6.07) is 26.2. The molecule has 8 bridgehead atoms. The second-order valence-electron chi connectivity index (χ2n) is 14.0. The summed E-state index contributed by atoms with van der Waals surface area (Å²) in [6.45, 7) is 13.4. The van der Waals surface area contributed by atoms with Gasteiger partial charge in [0.2, 0.25) is 0 Å². The average Bonchev–Trinajstić information content (AvgIpc) is 3.84. The number of nitrogens with zero attached hydrogens (tertiary/aromatic N) is 2. The third kappa shape index (κ3) is 5.62. The molecule has 4 nitrogen and oxygen atoms in total. The number of nitrogens with one attached hydrogen (secondary N) is 2. The summed E-state index contributed by atoms with van der Waals surface area (Å²) in [7, 11) is 0. The van der Waals surface area contributed by atoms with E-state index in [0.29, 0.717) is 0 Å². The van der Waals surface area contributed by atoms with Crippen molar-refractivity contribution in [3.05, 3.63) is 116 Å². The molecule has 0 saturated carbocycles. The van der Waals surface area contributed by atoms with E-state index < -0.39 is 0 Å². The van der Waals surface area contributed by atoms with E-state index >= 15 is 0 Å². The van der Waals surface area contributed by atoms with Crippen molar-refractivity contribution in [1.29, 1.82) is 0 Å². The largest absolute Gasteiger partial charge is 0.354 e. The first-order chi connectivity index (χ1) is 21.9.